The molecule has 6 nitrogen and oxygen atoms in total. The van der Waals surface area contributed by atoms with Gasteiger partial charge in [0.25, 0.3) is 0 Å². The molecule has 0 radical (unpaired) electrons. The molecule has 1 aromatic heterocycles. The van der Waals surface area contributed by atoms with Gasteiger partial charge in [0.2, 0.25) is 11.9 Å². The van der Waals surface area contributed by atoms with Gasteiger partial charge in [-0.25, -0.2) is 4.98 Å². The second-order valence-electron chi connectivity index (χ2n) is 5.18. The Bertz CT molecular complexity index is 636. The average Bonchev–Trinajstić information content (AvgIpc) is 2.67. The van der Waals surface area contributed by atoms with E-state index >= 15 is 0 Å². The van der Waals surface area contributed by atoms with Crippen molar-refractivity contribution < 1.29 is 4.79 Å². The van der Waals surface area contributed by atoms with Crippen LogP contribution in [0.3, 0.4) is 0 Å². The van der Waals surface area contributed by atoms with Crippen LogP contribution in [0.2, 0.25) is 0 Å². The minimum Gasteiger partial charge on any atom is -0.399 e. The normalized spacial score (nSPS) is 16.4. The fraction of sp³-hybridized carbons (Fsp3) is 0.429. The molecular weight excluding hydrogens is 254 g/mol. The monoisotopic (exact) mass is 273 g/mol. The molecule has 1 saturated heterocycles. The van der Waals surface area contributed by atoms with Crippen molar-refractivity contribution in [2.45, 2.75) is 13.3 Å². The van der Waals surface area contributed by atoms with Crippen LogP contribution in [-0.4, -0.2) is 47.0 Å². The van der Waals surface area contributed by atoms with Crippen molar-refractivity contribution in [3.05, 3.63) is 18.2 Å². The number of aromatic amines is 1. The van der Waals surface area contributed by atoms with E-state index in [2.05, 4.69) is 14.9 Å². The van der Waals surface area contributed by atoms with Crippen molar-refractivity contribution in [1.29, 1.82) is 0 Å². The second-order valence-corrected chi connectivity index (χ2v) is 5.18. The molecular formula is C14H19N5O. The Balaban J connectivity index is 1.82. The number of hydrogen-bond acceptors (Lipinski definition) is 4. The highest BCUT2D eigenvalue weighted by atomic mass is 16.2. The largest absolute Gasteiger partial charge is 0.399 e. The molecule has 3 rings (SSSR count). The van der Waals surface area contributed by atoms with E-state index in [-0.39, 0.29) is 5.91 Å². The summed E-state index contributed by atoms with van der Waals surface area (Å²) in [6, 6.07) is 5.67. The van der Waals surface area contributed by atoms with Crippen LogP contribution in [-0.2, 0) is 4.79 Å². The third kappa shape index (κ3) is 2.41. The van der Waals surface area contributed by atoms with E-state index in [9.17, 15) is 4.79 Å². The molecule has 1 aliphatic rings. The summed E-state index contributed by atoms with van der Waals surface area (Å²) in [5.41, 5.74) is 8.38. The van der Waals surface area contributed by atoms with Crippen molar-refractivity contribution in [3.63, 3.8) is 0 Å². The predicted molar refractivity (Wildman–Crippen MR) is 79.6 cm³/mol. The number of anilines is 2. The SMILES string of the molecule is CC(=O)N1CCCN(c2nc3ccc(N)cc3[nH]2)CC1. The van der Waals surface area contributed by atoms with Gasteiger partial charge in [0.05, 0.1) is 11.0 Å². The number of aromatic nitrogens is 2. The van der Waals surface area contributed by atoms with Gasteiger partial charge in [-0.1, -0.05) is 0 Å². The number of rotatable bonds is 1. The number of carbonyl (C=O) groups excluding carboxylic acids is 1. The number of nitrogens with one attached hydrogen (secondary N) is 1. The molecule has 6 heteroatoms. The predicted octanol–water partition coefficient (Wildman–Crippen LogP) is 1.20. The van der Waals surface area contributed by atoms with Gasteiger partial charge >= 0.3 is 0 Å². The Labute approximate surface area is 117 Å². The first-order chi connectivity index (χ1) is 9.63. The van der Waals surface area contributed by atoms with Gasteiger partial charge in [-0.15, -0.1) is 0 Å². The molecule has 0 saturated carbocycles. The lowest BCUT2D eigenvalue weighted by Gasteiger charge is -2.20. The summed E-state index contributed by atoms with van der Waals surface area (Å²) in [5, 5.41) is 0. The molecule has 2 heterocycles. The Kier molecular flexibility index (Phi) is 3.22. The number of nitrogens with zero attached hydrogens (tertiary/aromatic N) is 3. The summed E-state index contributed by atoms with van der Waals surface area (Å²) >= 11 is 0. The van der Waals surface area contributed by atoms with Crippen LogP contribution in [0.5, 0.6) is 0 Å². The van der Waals surface area contributed by atoms with Gasteiger partial charge in [0.1, 0.15) is 0 Å². The minimum absolute atomic E-state index is 0.143. The van der Waals surface area contributed by atoms with E-state index < -0.39 is 0 Å². The summed E-state index contributed by atoms with van der Waals surface area (Å²) in [6.07, 6.45) is 0.957. The number of amides is 1. The molecule has 1 aliphatic heterocycles. The molecule has 0 spiro atoms. The smallest absolute Gasteiger partial charge is 0.219 e. The lowest BCUT2D eigenvalue weighted by Crippen LogP contribution is -2.33. The Hall–Kier alpha value is -2.24. The Morgan fingerprint density at radius 3 is 2.95 bits per heavy atom. The number of benzene rings is 1. The van der Waals surface area contributed by atoms with Crippen molar-refractivity contribution in [2.24, 2.45) is 0 Å². The number of imidazole rings is 1. The van der Waals surface area contributed by atoms with Crippen LogP contribution in [0.1, 0.15) is 13.3 Å². The molecule has 106 valence electrons. The van der Waals surface area contributed by atoms with E-state index in [1.165, 1.54) is 0 Å². The van der Waals surface area contributed by atoms with Crippen LogP contribution in [0, 0.1) is 0 Å². The van der Waals surface area contributed by atoms with Crippen LogP contribution >= 0.6 is 0 Å². The Morgan fingerprint density at radius 1 is 1.30 bits per heavy atom. The maximum Gasteiger partial charge on any atom is 0.219 e. The van der Waals surface area contributed by atoms with Crippen molar-refractivity contribution in [3.8, 4) is 0 Å². The fourth-order valence-corrected chi connectivity index (χ4v) is 2.61. The van der Waals surface area contributed by atoms with Gasteiger partial charge in [-0.05, 0) is 24.6 Å². The molecule has 0 atom stereocenters. The summed E-state index contributed by atoms with van der Waals surface area (Å²) < 4.78 is 0. The van der Waals surface area contributed by atoms with Crippen molar-refractivity contribution in [2.75, 3.05) is 36.8 Å². The molecule has 20 heavy (non-hydrogen) atoms. The van der Waals surface area contributed by atoms with Gasteiger partial charge < -0.3 is 20.5 Å². The number of hydrogen-bond donors (Lipinski definition) is 2. The summed E-state index contributed by atoms with van der Waals surface area (Å²) in [7, 11) is 0. The number of H-pyrrole nitrogens is 1. The third-order valence-corrected chi connectivity index (χ3v) is 3.73. The van der Waals surface area contributed by atoms with Crippen LogP contribution in [0.15, 0.2) is 18.2 Å². The van der Waals surface area contributed by atoms with E-state index in [1.807, 2.05) is 23.1 Å². The topological polar surface area (TPSA) is 78.2 Å². The molecule has 0 bridgehead atoms. The van der Waals surface area contributed by atoms with Crippen LogP contribution < -0.4 is 10.6 Å². The number of nitrogens with two attached hydrogens (primary N) is 1. The fourth-order valence-electron chi connectivity index (χ4n) is 2.61. The molecule has 1 aromatic carbocycles. The maximum absolute atomic E-state index is 11.4. The quantitative estimate of drug-likeness (QED) is 0.765. The lowest BCUT2D eigenvalue weighted by molar-refractivity contribution is -0.128. The zero-order valence-electron chi connectivity index (χ0n) is 11.6. The summed E-state index contributed by atoms with van der Waals surface area (Å²) in [6.45, 7) is 4.89. The standard InChI is InChI=1S/C14H19N5O/c1-10(20)18-5-2-6-19(8-7-18)14-16-12-4-3-11(15)9-13(12)17-14/h3-4,9H,2,5-8,15H2,1H3,(H,16,17). The van der Waals surface area contributed by atoms with Crippen LogP contribution in [0.4, 0.5) is 11.6 Å². The third-order valence-electron chi connectivity index (χ3n) is 3.73. The second kappa shape index (κ2) is 5.03. The zero-order valence-corrected chi connectivity index (χ0v) is 11.6. The highest BCUT2D eigenvalue weighted by Crippen LogP contribution is 2.20. The van der Waals surface area contributed by atoms with Crippen LogP contribution in [0.25, 0.3) is 11.0 Å². The van der Waals surface area contributed by atoms with Gasteiger partial charge in [-0.3, -0.25) is 4.79 Å². The minimum atomic E-state index is 0.143. The first-order valence-electron chi connectivity index (χ1n) is 6.89. The van der Waals surface area contributed by atoms with Crippen molar-refractivity contribution >= 4 is 28.6 Å². The first-order valence-corrected chi connectivity index (χ1v) is 6.89. The average molecular weight is 273 g/mol. The Morgan fingerprint density at radius 2 is 2.15 bits per heavy atom. The molecule has 0 aliphatic carbocycles. The van der Waals surface area contributed by atoms with E-state index in [0.717, 1.165) is 55.3 Å². The van der Waals surface area contributed by atoms with E-state index in [4.69, 9.17) is 5.73 Å². The summed E-state index contributed by atoms with van der Waals surface area (Å²) in [4.78, 5) is 23.4. The highest BCUT2D eigenvalue weighted by molar-refractivity contribution is 5.81. The molecule has 2 aromatic rings. The maximum atomic E-state index is 11.4. The molecule has 1 amide bonds. The number of nitrogen functional groups attached to an aromatic ring is 1. The zero-order chi connectivity index (χ0) is 14.1. The molecule has 0 unspecified atom stereocenters. The summed E-state index contributed by atoms with van der Waals surface area (Å²) in [5.74, 6) is 1.00. The highest BCUT2D eigenvalue weighted by Gasteiger charge is 2.18. The molecule has 3 N–H and O–H groups in total. The van der Waals surface area contributed by atoms with E-state index in [1.54, 1.807) is 6.92 Å². The number of carbonyl (C=O) groups is 1. The number of fused-ring (bicyclic) bond motifs is 1. The van der Waals surface area contributed by atoms with Crippen molar-refractivity contribution in [1.82, 2.24) is 14.9 Å². The van der Waals surface area contributed by atoms with Gasteiger partial charge in [-0.2, -0.15) is 0 Å². The van der Waals surface area contributed by atoms with E-state index in [0.29, 0.717) is 0 Å². The van der Waals surface area contributed by atoms with Gasteiger partial charge in [0.15, 0.2) is 0 Å². The lowest BCUT2D eigenvalue weighted by atomic mass is 10.3. The van der Waals surface area contributed by atoms with Gasteiger partial charge in [0, 0.05) is 38.8 Å². The first kappa shape index (κ1) is 12.8. The molecule has 1 fully saturated rings.